The maximum Gasteiger partial charge on any atom is 0.0996 e. The van der Waals surface area contributed by atoms with Crippen molar-refractivity contribution in [1.29, 1.82) is 0 Å². The summed E-state index contributed by atoms with van der Waals surface area (Å²) in [6.45, 7) is 0.917. The molecule has 0 radical (unpaired) electrons. The topological polar surface area (TPSA) is 23.0 Å². The molecule has 0 spiro atoms. The number of allylic oxidation sites excluding steroid dienone is 1. The third-order valence-electron chi connectivity index (χ3n) is 0.868. The van der Waals surface area contributed by atoms with Gasteiger partial charge in [-0.2, -0.15) is 0 Å². The number of rotatable bonds is 0. The number of nitrogens with zero attached hydrogens (tertiary/aromatic N) is 2. The van der Waals surface area contributed by atoms with Crippen LogP contribution >= 0.6 is 0 Å². The zero-order chi connectivity index (χ0) is 3.98. The van der Waals surface area contributed by atoms with Gasteiger partial charge in [0.25, 0.3) is 0 Å². The van der Waals surface area contributed by atoms with E-state index in [0.29, 0.717) is 0 Å². The number of fused-ring (bicyclic) bond motifs is 1. The number of hydrogen-bond donors (Lipinski definition) is 0. The molecule has 0 N–H and O–H groups in total. The molecule has 1 aliphatic heterocycles. The standard InChI is InChI=1S/C3H4N2O/c1-2-4-5(3-1)6-4/h1-2H,3H2. The zero-order valence-corrected chi connectivity index (χ0v) is 3.16. The maximum atomic E-state index is 4.73. The highest BCUT2D eigenvalue weighted by molar-refractivity contribution is 5.19. The first-order valence-corrected chi connectivity index (χ1v) is 1.88. The summed E-state index contributed by atoms with van der Waals surface area (Å²) in [5, 5.41) is 0. The van der Waals surface area contributed by atoms with Crippen molar-refractivity contribution >= 4 is 6.20 Å². The lowest BCUT2D eigenvalue weighted by Gasteiger charge is -1.62. The predicted octanol–water partition coefficient (Wildman–Crippen LogP) is 0.367. The van der Waals surface area contributed by atoms with Crippen LogP contribution in [0.3, 0.4) is 0 Å². The Morgan fingerprint density at radius 2 is 2.67 bits per heavy atom. The second-order valence-electron chi connectivity index (χ2n) is 1.30. The Morgan fingerprint density at radius 1 is 1.67 bits per heavy atom. The van der Waals surface area contributed by atoms with Gasteiger partial charge in [-0.3, -0.25) is 0 Å². The highest BCUT2D eigenvalue weighted by Gasteiger charge is 2.09. The Kier molecular flexibility index (Phi) is 0.190. The molecule has 0 atom stereocenters. The lowest BCUT2D eigenvalue weighted by Crippen LogP contribution is -1.75. The van der Waals surface area contributed by atoms with Crippen LogP contribution in [0, 0.1) is 0 Å². The molecule has 0 saturated carbocycles. The smallest absolute Gasteiger partial charge is 0.0996 e. The van der Waals surface area contributed by atoms with E-state index in [1.165, 1.54) is 0 Å². The maximum absolute atomic E-state index is 4.73. The van der Waals surface area contributed by atoms with Gasteiger partial charge >= 0.3 is 0 Å². The minimum Gasteiger partial charge on any atom is -0.249 e. The first-order valence-electron chi connectivity index (χ1n) is 1.88. The van der Waals surface area contributed by atoms with Crippen LogP contribution in [0.4, 0.5) is 0 Å². The minimum absolute atomic E-state index is 0.917. The molecule has 32 valence electrons. The third kappa shape index (κ3) is 0.116. The second kappa shape index (κ2) is 0.489. The van der Waals surface area contributed by atoms with Crippen molar-refractivity contribution in [2.24, 2.45) is 0 Å². The van der Waals surface area contributed by atoms with E-state index in [0.717, 1.165) is 6.54 Å². The van der Waals surface area contributed by atoms with Gasteiger partial charge in [0.2, 0.25) is 0 Å². The summed E-state index contributed by atoms with van der Waals surface area (Å²) < 4.78 is 4.73. The largest absolute Gasteiger partial charge is 0.249 e. The van der Waals surface area contributed by atoms with Gasteiger partial charge in [0.15, 0.2) is 0 Å². The first-order chi connectivity index (χ1) is 2.97. The van der Waals surface area contributed by atoms with Crippen molar-refractivity contribution < 1.29 is 4.63 Å². The molecule has 1 aromatic rings. The molecule has 0 aromatic carbocycles. The average Bonchev–Trinajstić information content (AvgIpc) is 2.17. The molecule has 0 aliphatic carbocycles. The predicted molar refractivity (Wildman–Crippen MR) is 20.0 cm³/mol. The summed E-state index contributed by atoms with van der Waals surface area (Å²) in [6, 6.07) is 0. The summed E-state index contributed by atoms with van der Waals surface area (Å²) in [5.74, 6) is 0. The molecule has 0 unspecified atom stereocenters. The van der Waals surface area contributed by atoms with Gasteiger partial charge in [-0.25, -0.2) is 4.63 Å². The molecule has 0 amide bonds. The molecule has 3 nitrogen and oxygen atoms in total. The van der Waals surface area contributed by atoms with Gasteiger partial charge in [-0.05, 0) is 6.08 Å². The van der Waals surface area contributed by atoms with E-state index in [-0.39, 0.29) is 0 Å². The zero-order valence-electron chi connectivity index (χ0n) is 3.16. The normalized spacial score (nSPS) is 16.7. The molecule has 6 heavy (non-hydrogen) atoms. The molecule has 2 heterocycles. The Morgan fingerprint density at radius 3 is 2.83 bits per heavy atom. The van der Waals surface area contributed by atoms with Crippen LogP contribution < -0.4 is 0 Å². The van der Waals surface area contributed by atoms with Gasteiger partial charge in [0.1, 0.15) is 0 Å². The highest BCUT2D eigenvalue weighted by Crippen LogP contribution is 2.05. The lowest BCUT2D eigenvalue weighted by atomic mass is 10.7. The van der Waals surface area contributed by atoms with Crippen molar-refractivity contribution in [3.8, 4) is 0 Å². The van der Waals surface area contributed by atoms with Crippen LogP contribution in [0.1, 0.15) is 0 Å². The molecule has 0 fully saturated rings. The van der Waals surface area contributed by atoms with E-state index in [2.05, 4.69) is 0 Å². The van der Waals surface area contributed by atoms with Crippen molar-refractivity contribution in [2.75, 3.05) is 0 Å². The first kappa shape index (κ1) is 2.34. The fraction of sp³-hybridized carbons (Fsp3) is 0.333. The fourth-order valence-electron chi connectivity index (χ4n) is 0.523. The summed E-state index contributed by atoms with van der Waals surface area (Å²) >= 11 is 0. The molecular formula is C3H4N2O. The summed E-state index contributed by atoms with van der Waals surface area (Å²) in [7, 11) is 0. The minimum atomic E-state index is 0.917. The number of aromatic nitrogens is 2. The van der Waals surface area contributed by atoms with E-state index >= 15 is 0 Å². The molecule has 3 heteroatoms. The lowest BCUT2D eigenvalue weighted by molar-refractivity contribution is 0.437. The van der Waals surface area contributed by atoms with Gasteiger partial charge < -0.3 is 0 Å². The summed E-state index contributed by atoms with van der Waals surface area (Å²) in [5.41, 5.74) is 0. The number of hydrogen-bond acceptors (Lipinski definition) is 1. The van der Waals surface area contributed by atoms with Crippen LogP contribution in [0.5, 0.6) is 0 Å². The van der Waals surface area contributed by atoms with Crippen LogP contribution in [0.25, 0.3) is 6.20 Å². The SMILES string of the molecule is C1=Cn2on2C1. The van der Waals surface area contributed by atoms with Crippen molar-refractivity contribution in [2.45, 2.75) is 6.54 Å². The van der Waals surface area contributed by atoms with E-state index in [1.807, 2.05) is 12.3 Å². The summed E-state index contributed by atoms with van der Waals surface area (Å²) in [4.78, 5) is 3.43. The Balaban J connectivity index is 2.59. The van der Waals surface area contributed by atoms with Gasteiger partial charge in [-0.15, -0.1) is 0 Å². The van der Waals surface area contributed by atoms with E-state index in [4.69, 9.17) is 4.63 Å². The third-order valence-corrected chi connectivity index (χ3v) is 0.868. The van der Waals surface area contributed by atoms with E-state index in [9.17, 15) is 0 Å². The molecule has 1 aromatic heterocycles. The average molecular weight is 84.1 g/mol. The van der Waals surface area contributed by atoms with Crippen molar-refractivity contribution in [3.05, 3.63) is 6.08 Å². The van der Waals surface area contributed by atoms with E-state index in [1.54, 1.807) is 9.71 Å². The molecule has 1 aliphatic rings. The van der Waals surface area contributed by atoms with Crippen molar-refractivity contribution in [1.82, 2.24) is 9.71 Å². The Hall–Kier alpha value is -0.860. The van der Waals surface area contributed by atoms with Crippen LogP contribution in [0.15, 0.2) is 10.7 Å². The molecule has 2 rings (SSSR count). The quantitative estimate of drug-likeness (QED) is 0.445. The Labute approximate surface area is 34.3 Å². The van der Waals surface area contributed by atoms with Crippen LogP contribution in [-0.2, 0) is 6.54 Å². The van der Waals surface area contributed by atoms with E-state index < -0.39 is 0 Å². The van der Waals surface area contributed by atoms with Crippen molar-refractivity contribution in [3.63, 3.8) is 0 Å². The van der Waals surface area contributed by atoms with Crippen LogP contribution in [0.2, 0.25) is 0 Å². The van der Waals surface area contributed by atoms with Gasteiger partial charge in [0.05, 0.1) is 12.7 Å². The summed E-state index contributed by atoms with van der Waals surface area (Å²) in [6.07, 6.45) is 3.92. The van der Waals surface area contributed by atoms with Crippen LogP contribution in [-0.4, -0.2) is 9.71 Å². The Bertz CT molecular complexity index is 166. The molecule has 0 saturated heterocycles. The van der Waals surface area contributed by atoms with Gasteiger partial charge in [-0.1, -0.05) is 9.71 Å². The molecular weight excluding hydrogens is 80.0 g/mol. The fourth-order valence-corrected chi connectivity index (χ4v) is 0.523. The second-order valence-corrected chi connectivity index (χ2v) is 1.30. The monoisotopic (exact) mass is 84.0 g/mol. The highest BCUT2D eigenvalue weighted by atomic mass is 16.8. The van der Waals surface area contributed by atoms with Gasteiger partial charge in [0, 0.05) is 0 Å². The molecule has 0 bridgehead atoms.